The molecule has 0 aromatic heterocycles. The van der Waals surface area contributed by atoms with Crippen molar-refractivity contribution < 1.29 is 28.9 Å². The van der Waals surface area contributed by atoms with Crippen molar-refractivity contribution in [3.63, 3.8) is 0 Å². The third-order valence-corrected chi connectivity index (χ3v) is 4.11. The summed E-state index contributed by atoms with van der Waals surface area (Å²) in [5.41, 5.74) is 8.61. The lowest BCUT2D eigenvalue weighted by molar-refractivity contribution is -0.205. The second-order valence-electron chi connectivity index (χ2n) is 6.19. The summed E-state index contributed by atoms with van der Waals surface area (Å²) >= 11 is 0. The number of carbonyl (C=O) groups is 2. The number of hydrogen-bond donors (Lipinski definition) is 3. The average molecular weight is 393 g/mol. The summed E-state index contributed by atoms with van der Waals surface area (Å²) in [6, 6.07) is 4.76. The summed E-state index contributed by atoms with van der Waals surface area (Å²) < 4.78 is 16.7. The number of benzene rings is 1. The molecule has 1 fully saturated rings. The SMILES string of the molecule is COc1ccc(OC2O[C@H](CN=[N+]=[N-])[C@@H](NC(C)=O)[C@H](O)[C@@H]2NC(C)=O)cc1. The van der Waals surface area contributed by atoms with E-state index in [1.807, 2.05) is 0 Å². The van der Waals surface area contributed by atoms with Gasteiger partial charge < -0.3 is 30.0 Å². The minimum atomic E-state index is -1.25. The van der Waals surface area contributed by atoms with Crippen LogP contribution in [0.4, 0.5) is 0 Å². The second kappa shape index (κ2) is 9.79. The number of ether oxygens (including phenoxy) is 3. The topological polar surface area (TPSA) is 155 Å². The summed E-state index contributed by atoms with van der Waals surface area (Å²) in [7, 11) is 1.53. The van der Waals surface area contributed by atoms with Gasteiger partial charge in [0.2, 0.25) is 18.1 Å². The van der Waals surface area contributed by atoms with Crippen LogP contribution >= 0.6 is 0 Å². The van der Waals surface area contributed by atoms with Gasteiger partial charge in [0.15, 0.2) is 0 Å². The molecule has 1 heterocycles. The van der Waals surface area contributed by atoms with E-state index in [0.717, 1.165) is 0 Å². The maximum Gasteiger partial charge on any atom is 0.223 e. The molecule has 3 N–H and O–H groups in total. The molecular weight excluding hydrogens is 370 g/mol. The molecule has 1 saturated heterocycles. The van der Waals surface area contributed by atoms with Gasteiger partial charge in [0.05, 0.1) is 25.8 Å². The van der Waals surface area contributed by atoms with Gasteiger partial charge in [-0.05, 0) is 29.8 Å². The van der Waals surface area contributed by atoms with Crippen molar-refractivity contribution in [2.75, 3.05) is 13.7 Å². The maximum atomic E-state index is 11.6. The van der Waals surface area contributed by atoms with Gasteiger partial charge in [0.1, 0.15) is 23.6 Å². The van der Waals surface area contributed by atoms with Crippen LogP contribution in [0.5, 0.6) is 11.5 Å². The Hall–Kier alpha value is -3.01. The first-order valence-electron chi connectivity index (χ1n) is 8.55. The van der Waals surface area contributed by atoms with Gasteiger partial charge in [-0.3, -0.25) is 9.59 Å². The quantitative estimate of drug-likeness (QED) is 0.348. The molecule has 2 rings (SSSR count). The highest BCUT2D eigenvalue weighted by molar-refractivity contribution is 5.74. The number of rotatable bonds is 7. The number of hydrogen-bond acceptors (Lipinski definition) is 7. The van der Waals surface area contributed by atoms with E-state index in [4.69, 9.17) is 19.7 Å². The van der Waals surface area contributed by atoms with E-state index in [9.17, 15) is 14.7 Å². The Kier molecular flexibility index (Phi) is 7.44. The minimum absolute atomic E-state index is 0.145. The lowest BCUT2D eigenvalue weighted by Crippen LogP contribution is -2.69. The average Bonchev–Trinajstić information content (AvgIpc) is 2.65. The number of aliphatic hydroxyl groups excluding tert-OH is 1. The first-order chi connectivity index (χ1) is 13.3. The fourth-order valence-corrected chi connectivity index (χ4v) is 2.91. The Morgan fingerprint density at radius 1 is 1.18 bits per heavy atom. The van der Waals surface area contributed by atoms with Crippen LogP contribution in [-0.2, 0) is 14.3 Å². The normalized spacial score (nSPS) is 26.5. The maximum absolute atomic E-state index is 11.6. The molecule has 0 aliphatic carbocycles. The molecule has 2 amide bonds. The Morgan fingerprint density at radius 3 is 2.29 bits per heavy atom. The molecule has 1 aliphatic rings. The van der Waals surface area contributed by atoms with Crippen LogP contribution in [0.3, 0.4) is 0 Å². The molecule has 0 radical (unpaired) electrons. The molecule has 5 atom stereocenters. The van der Waals surface area contributed by atoms with Crippen molar-refractivity contribution in [3.8, 4) is 11.5 Å². The van der Waals surface area contributed by atoms with E-state index in [0.29, 0.717) is 11.5 Å². The Labute approximate surface area is 161 Å². The zero-order chi connectivity index (χ0) is 20.7. The van der Waals surface area contributed by atoms with E-state index in [2.05, 4.69) is 20.7 Å². The third kappa shape index (κ3) is 5.49. The van der Waals surface area contributed by atoms with Gasteiger partial charge in [-0.2, -0.15) is 0 Å². The molecule has 1 unspecified atom stereocenters. The first kappa shape index (κ1) is 21.3. The molecule has 152 valence electrons. The Morgan fingerprint density at radius 2 is 1.75 bits per heavy atom. The summed E-state index contributed by atoms with van der Waals surface area (Å²) in [5, 5.41) is 19.4. The van der Waals surface area contributed by atoms with Crippen LogP contribution in [0, 0.1) is 0 Å². The molecule has 28 heavy (non-hydrogen) atoms. The molecule has 0 bridgehead atoms. The van der Waals surface area contributed by atoms with Crippen molar-refractivity contribution in [2.45, 2.75) is 44.4 Å². The van der Waals surface area contributed by atoms with Gasteiger partial charge in [-0.15, -0.1) is 0 Å². The van der Waals surface area contributed by atoms with Crippen LogP contribution in [-0.4, -0.2) is 61.2 Å². The highest BCUT2D eigenvalue weighted by atomic mass is 16.7. The van der Waals surface area contributed by atoms with Gasteiger partial charge >= 0.3 is 0 Å². The van der Waals surface area contributed by atoms with Crippen LogP contribution in [0.2, 0.25) is 0 Å². The smallest absolute Gasteiger partial charge is 0.223 e. The zero-order valence-electron chi connectivity index (χ0n) is 15.7. The Balaban J connectivity index is 2.29. The number of nitrogens with one attached hydrogen (secondary N) is 2. The fourth-order valence-electron chi connectivity index (χ4n) is 2.91. The molecule has 11 nitrogen and oxygen atoms in total. The highest BCUT2D eigenvalue weighted by Crippen LogP contribution is 2.26. The van der Waals surface area contributed by atoms with Gasteiger partial charge in [-0.1, -0.05) is 5.11 Å². The summed E-state index contributed by atoms with van der Waals surface area (Å²) in [4.78, 5) is 25.8. The highest BCUT2D eigenvalue weighted by Gasteiger charge is 2.47. The lowest BCUT2D eigenvalue weighted by Gasteiger charge is -2.44. The zero-order valence-corrected chi connectivity index (χ0v) is 15.7. The second-order valence-corrected chi connectivity index (χ2v) is 6.19. The van der Waals surface area contributed by atoms with Gasteiger partial charge in [-0.25, -0.2) is 0 Å². The minimum Gasteiger partial charge on any atom is -0.497 e. The Bertz CT molecular complexity index is 736. The molecule has 1 aromatic carbocycles. The van der Waals surface area contributed by atoms with Crippen molar-refractivity contribution in [1.29, 1.82) is 0 Å². The molecule has 1 aromatic rings. The molecule has 0 saturated carbocycles. The predicted molar refractivity (Wildman–Crippen MR) is 97.5 cm³/mol. The van der Waals surface area contributed by atoms with E-state index < -0.39 is 42.4 Å². The fraction of sp³-hybridized carbons (Fsp3) is 0.529. The summed E-state index contributed by atoms with van der Waals surface area (Å²) in [5.74, 6) is 0.219. The first-order valence-corrected chi connectivity index (χ1v) is 8.55. The largest absolute Gasteiger partial charge is 0.497 e. The molecule has 1 aliphatic heterocycles. The molecular formula is C17H23N5O6. The van der Waals surface area contributed by atoms with Crippen molar-refractivity contribution >= 4 is 11.8 Å². The van der Waals surface area contributed by atoms with Crippen LogP contribution in [0.1, 0.15) is 13.8 Å². The number of methoxy groups -OCH3 is 1. The monoisotopic (exact) mass is 393 g/mol. The van der Waals surface area contributed by atoms with E-state index in [-0.39, 0.29) is 6.54 Å². The van der Waals surface area contributed by atoms with E-state index in [1.165, 1.54) is 21.0 Å². The van der Waals surface area contributed by atoms with Gasteiger partial charge in [0, 0.05) is 18.8 Å². The third-order valence-electron chi connectivity index (χ3n) is 4.11. The number of carbonyl (C=O) groups excluding carboxylic acids is 2. The number of aliphatic hydroxyl groups is 1. The van der Waals surface area contributed by atoms with Crippen LogP contribution in [0.25, 0.3) is 10.4 Å². The number of amides is 2. The van der Waals surface area contributed by atoms with Crippen LogP contribution in [0.15, 0.2) is 29.4 Å². The van der Waals surface area contributed by atoms with Crippen molar-refractivity contribution in [2.24, 2.45) is 5.11 Å². The number of nitrogens with zero attached hydrogens (tertiary/aromatic N) is 3. The standard InChI is InChI=1S/C17H23N5O6/c1-9(23)20-14-13(8-19-22-18)28-17(15(16(14)25)21-10(2)24)27-12-6-4-11(26-3)5-7-12/h4-7,13-17,25H,8H2,1-3H3,(H,20,23)(H,21,24)/t13-,14-,15+,16+,17?/m1/s1. The summed E-state index contributed by atoms with van der Waals surface area (Å²) in [6.07, 6.45) is -3.19. The lowest BCUT2D eigenvalue weighted by atomic mass is 9.93. The van der Waals surface area contributed by atoms with E-state index >= 15 is 0 Å². The van der Waals surface area contributed by atoms with E-state index in [1.54, 1.807) is 24.3 Å². The van der Waals surface area contributed by atoms with Gasteiger partial charge in [0.25, 0.3) is 0 Å². The van der Waals surface area contributed by atoms with Crippen LogP contribution < -0.4 is 20.1 Å². The molecule has 0 spiro atoms. The number of azide groups is 1. The van der Waals surface area contributed by atoms with Crippen molar-refractivity contribution in [3.05, 3.63) is 34.7 Å². The van der Waals surface area contributed by atoms with Crippen molar-refractivity contribution in [1.82, 2.24) is 10.6 Å². The summed E-state index contributed by atoms with van der Waals surface area (Å²) in [6.45, 7) is 2.43. The molecule has 11 heteroatoms. The predicted octanol–water partition coefficient (Wildman–Crippen LogP) is 0.479.